The van der Waals surface area contributed by atoms with Gasteiger partial charge in [-0.2, -0.15) is 0 Å². The van der Waals surface area contributed by atoms with Gasteiger partial charge in [0.2, 0.25) is 0 Å². The van der Waals surface area contributed by atoms with Crippen molar-refractivity contribution in [2.45, 2.75) is 52.9 Å². The van der Waals surface area contributed by atoms with Crippen molar-refractivity contribution in [1.82, 2.24) is 0 Å². The van der Waals surface area contributed by atoms with Gasteiger partial charge in [-0.1, -0.05) is 40.0 Å². The van der Waals surface area contributed by atoms with Gasteiger partial charge >= 0.3 is 0 Å². The fourth-order valence-corrected chi connectivity index (χ4v) is 6.08. The second-order valence-electron chi connectivity index (χ2n) is 5.37. The molecular weight excluding hydrogens is 360 g/mol. The first-order valence-electron chi connectivity index (χ1n) is 6.46. The molecule has 0 aromatic carbocycles. The highest BCUT2D eigenvalue weighted by Gasteiger charge is 2.15. The second-order valence-corrected chi connectivity index (χ2v) is 9.70. The van der Waals surface area contributed by atoms with E-state index in [1.807, 2.05) is 0 Å². The summed E-state index contributed by atoms with van der Waals surface area (Å²) < 4.78 is 1.24. The number of thiophene rings is 1. The molecule has 1 rings (SSSR count). The number of halogens is 2. The van der Waals surface area contributed by atoms with E-state index in [4.69, 9.17) is 0 Å². The number of hydrogen-bond donors (Lipinski definition) is 0. The van der Waals surface area contributed by atoms with Crippen molar-refractivity contribution in [3.8, 4) is 0 Å². The van der Waals surface area contributed by atoms with Gasteiger partial charge < -0.3 is 0 Å². The van der Waals surface area contributed by atoms with Crippen LogP contribution in [0.5, 0.6) is 0 Å². The summed E-state index contributed by atoms with van der Waals surface area (Å²) in [6.45, 7) is 7.02. The Labute approximate surface area is 124 Å². The molecule has 3 heteroatoms. The molecular formula is C14H23Br2S+. The van der Waals surface area contributed by atoms with Gasteiger partial charge in [-0.15, -0.1) is 0 Å². The fraction of sp³-hybridized carbons (Fsp3) is 0.714. The highest BCUT2D eigenvalue weighted by Crippen LogP contribution is 2.37. The zero-order chi connectivity index (χ0) is 12.8. The quantitative estimate of drug-likeness (QED) is 0.457. The SMILES string of the molecule is CC(C)CCCC(C)CCc1cc(Br)c[s+]1Br. The molecule has 0 saturated carbocycles. The van der Waals surface area contributed by atoms with Gasteiger partial charge in [0.25, 0.3) is 14.8 Å². The number of rotatable bonds is 7. The van der Waals surface area contributed by atoms with Gasteiger partial charge in [0.1, 0.15) is 0 Å². The summed E-state index contributed by atoms with van der Waals surface area (Å²) in [5.41, 5.74) is 0. The lowest BCUT2D eigenvalue weighted by Crippen LogP contribution is -1.98. The zero-order valence-corrected chi connectivity index (χ0v) is 15.0. The van der Waals surface area contributed by atoms with Crippen LogP contribution in [0.4, 0.5) is 0 Å². The van der Waals surface area contributed by atoms with E-state index in [1.165, 1.54) is 36.6 Å². The van der Waals surface area contributed by atoms with Crippen LogP contribution >= 0.6 is 39.6 Å². The standard InChI is InChI=1S/C14H23Br2S/c1-11(2)5-4-6-12(3)7-8-14-9-13(15)10-17(14)16/h9-12H,4-8H2,1-3H3/q+1. The summed E-state index contributed by atoms with van der Waals surface area (Å²) in [5, 5.41) is 2.25. The van der Waals surface area contributed by atoms with Crippen LogP contribution in [0.3, 0.4) is 0 Å². The van der Waals surface area contributed by atoms with Crippen LogP contribution in [0.2, 0.25) is 0 Å². The van der Waals surface area contributed by atoms with Gasteiger partial charge in [0.15, 0.2) is 10.3 Å². The van der Waals surface area contributed by atoms with E-state index in [1.54, 1.807) is 4.88 Å². The van der Waals surface area contributed by atoms with Crippen molar-refractivity contribution in [2.24, 2.45) is 11.8 Å². The minimum absolute atomic E-state index is 0.195. The van der Waals surface area contributed by atoms with Gasteiger partial charge in [-0.05, 0) is 34.2 Å². The molecule has 0 saturated heterocycles. The Hall–Kier alpha value is 0.660. The minimum Gasteiger partial charge on any atom is -0.0628 e. The average molecular weight is 383 g/mol. The third kappa shape index (κ3) is 6.40. The van der Waals surface area contributed by atoms with Crippen LogP contribution in [0.25, 0.3) is 0 Å². The highest BCUT2D eigenvalue weighted by molar-refractivity contribution is 9.34. The summed E-state index contributed by atoms with van der Waals surface area (Å²) in [5.74, 6) is 1.71. The van der Waals surface area contributed by atoms with Crippen LogP contribution in [0, 0.1) is 11.8 Å². The Morgan fingerprint density at radius 2 is 1.88 bits per heavy atom. The van der Waals surface area contributed by atoms with Crippen molar-refractivity contribution in [3.05, 3.63) is 20.8 Å². The van der Waals surface area contributed by atoms with Crippen molar-refractivity contribution < 1.29 is 0 Å². The average Bonchev–Trinajstić information content (AvgIpc) is 2.54. The predicted octanol–water partition coefficient (Wildman–Crippen LogP) is 6.75. The van der Waals surface area contributed by atoms with Crippen LogP contribution in [-0.2, 0) is 6.42 Å². The first-order valence-corrected chi connectivity index (χ1v) is 10.4. The van der Waals surface area contributed by atoms with Crippen molar-refractivity contribution >= 4 is 39.6 Å². The first kappa shape index (κ1) is 15.7. The summed E-state index contributed by atoms with van der Waals surface area (Å²) >= 11 is 7.27. The summed E-state index contributed by atoms with van der Waals surface area (Å²) in [6.07, 6.45) is 6.72. The summed E-state index contributed by atoms with van der Waals surface area (Å²) in [6, 6.07) is 2.28. The van der Waals surface area contributed by atoms with E-state index < -0.39 is 0 Å². The summed E-state index contributed by atoms with van der Waals surface area (Å²) in [7, 11) is 0.195. The smallest absolute Gasteiger partial charge is 0.0628 e. The second kappa shape index (κ2) is 7.96. The van der Waals surface area contributed by atoms with Crippen molar-refractivity contribution in [2.75, 3.05) is 0 Å². The van der Waals surface area contributed by atoms with Crippen LogP contribution in [-0.4, -0.2) is 0 Å². The molecule has 1 aromatic heterocycles. The highest BCUT2D eigenvalue weighted by atomic mass is 79.9. The molecule has 98 valence electrons. The maximum Gasteiger partial charge on any atom is 0.268 e. The molecule has 1 aromatic rings. The minimum atomic E-state index is 0.195. The molecule has 0 nitrogen and oxygen atoms in total. The Balaban J connectivity index is 2.23. The van der Waals surface area contributed by atoms with Gasteiger partial charge in [-0.25, -0.2) is 0 Å². The lowest BCUT2D eigenvalue weighted by atomic mass is 9.96. The van der Waals surface area contributed by atoms with Crippen LogP contribution < -0.4 is 0 Å². The predicted molar refractivity (Wildman–Crippen MR) is 87.1 cm³/mol. The normalized spacial score (nSPS) is 14.4. The van der Waals surface area contributed by atoms with E-state index in [0.717, 1.165) is 11.8 Å². The lowest BCUT2D eigenvalue weighted by Gasteiger charge is -2.10. The molecule has 2 unspecified atom stereocenters. The molecule has 1 heterocycles. The Morgan fingerprint density at radius 3 is 2.41 bits per heavy atom. The van der Waals surface area contributed by atoms with Gasteiger partial charge in [-0.3, -0.25) is 0 Å². The Kier molecular flexibility index (Phi) is 7.36. The van der Waals surface area contributed by atoms with Gasteiger partial charge in [0, 0.05) is 12.5 Å². The van der Waals surface area contributed by atoms with Crippen molar-refractivity contribution in [3.63, 3.8) is 0 Å². The molecule has 17 heavy (non-hydrogen) atoms. The lowest BCUT2D eigenvalue weighted by molar-refractivity contribution is 0.437. The molecule has 0 aliphatic carbocycles. The topological polar surface area (TPSA) is 0 Å². The molecule has 0 N–H and O–H groups in total. The largest absolute Gasteiger partial charge is 0.268 e. The van der Waals surface area contributed by atoms with Gasteiger partial charge in [0.05, 0.1) is 13.4 Å². The Morgan fingerprint density at radius 1 is 1.18 bits per heavy atom. The molecule has 0 radical (unpaired) electrons. The van der Waals surface area contributed by atoms with E-state index in [9.17, 15) is 0 Å². The third-order valence-corrected chi connectivity index (χ3v) is 6.98. The molecule has 0 bridgehead atoms. The van der Waals surface area contributed by atoms with E-state index in [0.29, 0.717) is 0 Å². The van der Waals surface area contributed by atoms with Crippen LogP contribution in [0.1, 0.15) is 51.3 Å². The van der Waals surface area contributed by atoms with E-state index in [-0.39, 0.29) is 8.90 Å². The monoisotopic (exact) mass is 381 g/mol. The molecule has 0 fully saturated rings. The molecule has 0 aliphatic rings. The fourth-order valence-electron chi connectivity index (χ4n) is 2.00. The van der Waals surface area contributed by atoms with E-state index >= 15 is 0 Å². The summed E-state index contributed by atoms with van der Waals surface area (Å²) in [4.78, 5) is 1.55. The molecule has 0 spiro atoms. The van der Waals surface area contributed by atoms with E-state index in [2.05, 4.69) is 63.0 Å². The maximum atomic E-state index is 3.72. The maximum absolute atomic E-state index is 3.72. The molecule has 0 amide bonds. The third-order valence-electron chi connectivity index (χ3n) is 3.13. The molecule has 2 atom stereocenters. The van der Waals surface area contributed by atoms with Crippen molar-refractivity contribution in [1.29, 1.82) is 0 Å². The van der Waals surface area contributed by atoms with Crippen LogP contribution in [0.15, 0.2) is 15.9 Å². The number of hydrogen-bond acceptors (Lipinski definition) is 0. The first-order chi connectivity index (χ1) is 7.99. The Bertz CT molecular complexity index is 331. The number of aryl methyl sites for hydroxylation is 1. The zero-order valence-electron chi connectivity index (χ0n) is 11.0. The molecule has 0 aliphatic heterocycles.